The van der Waals surface area contributed by atoms with Crippen molar-refractivity contribution < 1.29 is 26.3 Å². The molecule has 0 spiro atoms. The van der Waals surface area contributed by atoms with Gasteiger partial charge in [-0.2, -0.15) is 0 Å². The quantitative estimate of drug-likeness (QED) is 0.877. The molecule has 11 heteroatoms. The molecule has 0 amide bonds. The van der Waals surface area contributed by atoms with Crippen LogP contribution in [0, 0.1) is 0 Å². The van der Waals surface area contributed by atoms with Crippen LogP contribution in [0.2, 0.25) is 0 Å². The highest BCUT2D eigenvalue weighted by atomic mass is 32.2. The first-order valence-corrected chi connectivity index (χ1v) is 8.46. The molecule has 23 heavy (non-hydrogen) atoms. The monoisotopic (exact) mass is 367 g/mol. The molecule has 6 nitrogen and oxygen atoms in total. The van der Waals surface area contributed by atoms with Crippen LogP contribution >= 0.6 is 11.3 Å². The zero-order chi connectivity index (χ0) is 17.3. The third-order valence-corrected chi connectivity index (χ3v) is 5.20. The fourth-order valence-electron chi connectivity index (χ4n) is 1.74. The molecule has 0 saturated heterocycles. The number of halogens is 3. The second kappa shape index (κ2) is 6.34. The number of nitrogens with two attached hydrogens (primary N) is 1. The fourth-order valence-corrected chi connectivity index (χ4v) is 3.24. The summed E-state index contributed by atoms with van der Waals surface area (Å²) in [6.45, 7) is 0.0455. The Balaban J connectivity index is 2.21. The lowest BCUT2D eigenvalue weighted by Crippen LogP contribution is -2.21. The predicted molar refractivity (Wildman–Crippen MR) is 78.7 cm³/mol. The van der Waals surface area contributed by atoms with Crippen molar-refractivity contribution in [2.75, 3.05) is 11.9 Å². The number of nitrogens with zero attached hydrogens (tertiary/aromatic N) is 2. The van der Waals surface area contributed by atoms with Crippen molar-refractivity contribution in [2.45, 2.75) is 17.1 Å². The van der Waals surface area contributed by atoms with E-state index >= 15 is 0 Å². The lowest BCUT2D eigenvalue weighted by molar-refractivity contribution is -0.274. The van der Waals surface area contributed by atoms with Gasteiger partial charge in [-0.15, -0.1) is 13.2 Å². The Bertz CT molecular complexity index is 790. The topological polar surface area (TPSA) is 85.5 Å². The van der Waals surface area contributed by atoms with Gasteiger partial charge < -0.3 is 9.64 Å². The maximum Gasteiger partial charge on any atom is 0.573 e. The highest BCUT2D eigenvalue weighted by Crippen LogP contribution is 2.30. The highest BCUT2D eigenvalue weighted by molar-refractivity contribution is 7.91. The molecule has 0 aliphatic carbocycles. The van der Waals surface area contributed by atoms with Crippen LogP contribution in [0.25, 0.3) is 0 Å². The summed E-state index contributed by atoms with van der Waals surface area (Å²) in [6.07, 6.45) is -3.69. The van der Waals surface area contributed by atoms with Gasteiger partial charge >= 0.3 is 6.36 Å². The van der Waals surface area contributed by atoms with E-state index in [1.54, 1.807) is 13.1 Å². The summed E-state index contributed by atoms with van der Waals surface area (Å²) in [5, 5.41) is 5.30. The number of hydrogen-bond acceptors (Lipinski definition) is 6. The van der Waals surface area contributed by atoms with E-state index < -0.39 is 16.4 Å². The first kappa shape index (κ1) is 17.5. The van der Waals surface area contributed by atoms with E-state index in [4.69, 9.17) is 5.14 Å². The number of sulfonamides is 1. The van der Waals surface area contributed by atoms with Crippen molar-refractivity contribution in [2.24, 2.45) is 5.14 Å². The van der Waals surface area contributed by atoms with Gasteiger partial charge in [0.15, 0.2) is 9.34 Å². The normalized spacial score (nSPS) is 12.2. The first-order chi connectivity index (χ1) is 10.6. The van der Waals surface area contributed by atoms with Gasteiger partial charge in [0.25, 0.3) is 0 Å². The van der Waals surface area contributed by atoms with E-state index in [2.05, 4.69) is 9.72 Å². The molecule has 0 bridgehead atoms. The van der Waals surface area contributed by atoms with E-state index in [-0.39, 0.29) is 22.1 Å². The van der Waals surface area contributed by atoms with Crippen LogP contribution in [0.5, 0.6) is 5.75 Å². The molecule has 0 aliphatic heterocycles. The molecule has 126 valence electrons. The molecule has 2 rings (SSSR count). The number of alkyl halides is 3. The molecular weight excluding hydrogens is 355 g/mol. The van der Waals surface area contributed by atoms with Gasteiger partial charge in [-0.25, -0.2) is 18.5 Å². The summed E-state index contributed by atoms with van der Waals surface area (Å²) >= 11 is 0.825. The Hall–Kier alpha value is -1.85. The average Bonchev–Trinajstić information content (AvgIpc) is 2.89. The molecule has 1 aromatic carbocycles. The number of primary sulfonamides is 1. The number of benzene rings is 1. The third kappa shape index (κ3) is 4.81. The minimum Gasteiger partial charge on any atom is -0.405 e. The maximum atomic E-state index is 12.4. The molecule has 0 fully saturated rings. The summed E-state index contributed by atoms with van der Waals surface area (Å²) in [5.41, 5.74) is 0.277. The van der Waals surface area contributed by atoms with Crippen LogP contribution in [-0.2, 0) is 16.6 Å². The van der Waals surface area contributed by atoms with Crippen molar-refractivity contribution in [3.63, 3.8) is 0 Å². The number of para-hydroxylation sites is 1. The summed E-state index contributed by atoms with van der Waals surface area (Å²) in [7, 11) is -2.30. The lowest BCUT2D eigenvalue weighted by atomic mass is 10.2. The Morgan fingerprint density at radius 1 is 1.35 bits per heavy atom. The number of ether oxygens (including phenoxy) is 1. The number of anilines is 1. The largest absolute Gasteiger partial charge is 0.573 e. The Labute approximate surface area is 134 Å². The zero-order valence-electron chi connectivity index (χ0n) is 11.7. The lowest BCUT2D eigenvalue weighted by Gasteiger charge is -2.18. The van der Waals surface area contributed by atoms with E-state index in [9.17, 15) is 21.6 Å². The van der Waals surface area contributed by atoms with Gasteiger partial charge in [-0.1, -0.05) is 29.5 Å². The number of rotatable bonds is 5. The van der Waals surface area contributed by atoms with Crippen LogP contribution in [0.3, 0.4) is 0 Å². The molecule has 1 heterocycles. The van der Waals surface area contributed by atoms with Crippen molar-refractivity contribution in [3.8, 4) is 5.75 Å². The van der Waals surface area contributed by atoms with Crippen molar-refractivity contribution >= 4 is 26.5 Å². The smallest absolute Gasteiger partial charge is 0.405 e. The van der Waals surface area contributed by atoms with E-state index in [1.807, 2.05) is 0 Å². The van der Waals surface area contributed by atoms with Gasteiger partial charge in [0.05, 0.1) is 6.20 Å². The van der Waals surface area contributed by atoms with Crippen molar-refractivity contribution in [3.05, 3.63) is 36.0 Å². The summed E-state index contributed by atoms with van der Waals surface area (Å²) in [6, 6.07) is 5.68. The van der Waals surface area contributed by atoms with Crippen molar-refractivity contribution in [1.82, 2.24) is 4.98 Å². The van der Waals surface area contributed by atoms with Gasteiger partial charge in [0, 0.05) is 19.2 Å². The van der Waals surface area contributed by atoms with E-state index in [0.717, 1.165) is 17.5 Å². The minimum absolute atomic E-state index is 0.0455. The van der Waals surface area contributed by atoms with Crippen LogP contribution in [0.15, 0.2) is 34.7 Å². The SMILES string of the molecule is CN(Cc1ccccc1OC(F)(F)F)c1ncc(S(N)(=O)=O)s1. The van der Waals surface area contributed by atoms with E-state index in [1.165, 1.54) is 23.1 Å². The Morgan fingerprint density at radius 2 is 2.00 bits per heavy atom. The predicted octanol–water partition coefficient (Wildman–Crippen LogP) is 2.33. The molecule has 0 aliphatic rings. The van der Waals surface area contributed by atoms with Gasteiger partial charge in [0.1, 0.15) is 5.75 Å². The average molecular weight is 367 g/mol. The van der Waals surface area contributed by atoms with Crippen LogP contribution < -0.4 is 14.8 Å². The van der Waals surface area contributed by atoms with Gasteiger partial charge in [0.2, 0.25) is 10.0 Å². The number of hydrogen-bond donors (Lipinski definition) is 1. The van der Waals surface area contributed by atoms with Crippen LogP contribution in [-0.4, -0.2) is 26.8 Å². The minimum atomic E-state index is -4.79. The fraction of sp³-hybridized carbons (Fsp3) is 0.250. The molecular formula is C12H12F3N3O3S2. The number of aromatic nitrogens is 1. The molecule has 0 atom stereocenters. The zero-order valence-corrected chi connectivity index (χ0v) is 13.4. The third-order valence-electron chi connectivity index (χ3n) is 2.69. The molecule has 0 radical (unpaired) electrons. The summed E-state index contributed by atoms with van der Waals surface area (Å²) in [4.78, 5) is 5.40. The van der Waals surface area contributed by atoms with Gasteiger partial charge in [-0.3, -0.25) is 0 Å². The summed E-state index contributed by atoms with van der Waals surface area (Å²) < 4.78 is 63.5. The van der Waals surface area contributed by atoms with Crippen LogP contribution in [0.4, 0.5) is 18.3 Å². The molecule has 2 aromatic rings. The van der Waals surface area contributed by atoms with Crippen LogP contribution in [0.1, 0.15) is 5.56 Å². The molecule has 0 unspecified atom stereocenters. The second-order valence-electron chi connectivity index (χ2n) is 4.52. The number of thiazole rings is 1. The van der Waals surface area contributed by atoms with E-state index in [0.29, 0.717) is 5.13 Å². The highest BCUT2D eigenvalue weighted by Gasteiger charge is 2.32. The molecule has 0 saturated carbocycles. The Morgan fingerprint density at radius 3 is 2.57 bits per heavy atom. The maximum absolute atomic E-state index is 12.4. The van der Waals surface area contributed by atoms with Crippen molar-refractivity contribution in [1.29, 1.82) is 0 Å². The molecule has 1 aromatic heterocycles. The Kier molecular flexibility index (Phi) is 4.82. The van der Waals surface area contributed by atoms with Gasteiger partial charge in [-0.05, 0) is 6.07 Å². The second-order valence-corrected chi connectivity index (χ2v) is 7.32. The standard InChI is InChI=1S/C12H12F3N3O3S2/c1-18(11-17-6-10(22-11)23(16,19)20)7-8-4-2-3-5-9(8)21-12(13,14)15/h2-6H,7H2,1H3,(H2,16,19,20). The first-order valence-electron chi connectivity index (χ1n) is 6.10. The summed E-state index contributed by atoms with van der Waals surface area (Å²) in [5.74, 6) is -0.324. The molecule has 2 N–H and O–H groups in total.